The minimum atomic E-state index is -0.445. The van der Waals surface area contributed by atoms with Crippen molar-refractivity contribution >= 4 is 5.91 Å². The lowest BCUT2D eigenvalue weighted by Gasteiger charge is -2.42. The smallest absolute Gasteiger partial charge is 0.223 e. The minimum absolute atomic E-state index is 0.00107. The zero-order valence-electron chi connectivity index (χ0n) is 11.2. The highest BCUT2D eigenvalue weighted by atomic mass is 16.5. The van der Waals surface area contributed by atoms with Gasteiger partial charge in [-0.05, 0) is 27.2 Å². The predicted molar refractivity (Wildman–Crippen MR) is 65.6 cm³/mol. The molecule has 0 aromatic carbocycles. The lowest BCUT2D eigenvalue weighted by molar-refractivity contribution is -0.130. The van der Waals surface area contributed by atoms with E-state index >= 15 is 0 Å². The van der Waals surface area contributed by atoms with Gasteiger partial charge in [0.2, 0.25) is 5.91 Å². The second-order valence-electron chi connectivity index (χ2n) is 5.13. The Kier molecular flexibility index (Phi) is 4.91. The molecule has 5 nitrogen and oxygen atoms in total. The lowest BCUT2D eigenvalue weighted by atomic mass is 9.83. The van der Waals surface area contributed by atoms with Gasteiger partial charge in [0.05, 0.1) is 24.2 Å². The first-order valence-corrected chi connectivity index (χ1v) is 6.11. The van der Waals surface area contributed by atoms with E-state index in [0.717, 1.165) is 6.42 Å². The number of hydrogen-bond donors (Lipinski definition) is 2. The number of ether oxygens (including phenoxy) is 2. The summed E-state index contributed by atoms with van der Waals surface area (Å²) in [5, 5.41) is 2.92. The van der Waals surface area contributed by atoms with E-state index in [4.69, 9.17) is 15.2 Å². The van der Waals surface area contributed by atoms with Gasteiger partial charge < -0.3 is 20.5 Å². The van der Waals surface area contributed by atoms with Crippen LogP contribution in [-0.4, -0.2) is 43.4 Å². The van der Waals surface area contributed by atoms with Gasteiger partial charge in [0, 0.05) is 19.8 Å². The second kappa shape index (κ2) is 5.80. The quantitative estimate of drug-likeness (QED) is 0.710. The van der Waals surface area contributed by atoms with E-state index < -0.39 is 5.60 Å². The number of amides is 1. The first kappa shape index (κ1) is 14.4. The third-order valence-corrected chi connectivity index (χ3v) is 3.21. The predicted octanol–water partition coefficient (Wildman–Crippen LogP) is 0.422. The van der Waals surface area contributed by atoms with E-state index in [9.17, 15) is 4.79 Å². The van der Waals surface area contributed by atoms with E-state index in [2.05, 4.69) is 5.32 Å². The Bertz CT molecular complexity index is 266. The molecule has 0 aromatic rings. The molecule has 17 heavy (non-hydrogen) atoms. The zero-order valence-corrected chi connectivity index (χ0v) is 11.2. The SMILES string of the molecule is CCOC1CC(N)C1NC(=O)CC(C)(C)OC. The zero-order chi connectivity index (χ0) is 13.1. The Labute approximate surface area is 103 Å². The van der Waals surface area contributed by atoms with Crippen LogP contribution in [0.25, 0.3) is 0 Å². The topological polar surface area (TPSA) is 73.6 Å². The summed E-state index contributed by atoms with van der Waals surface area (Å²) in [6.07, 6.45) is 1.20. The summed E-state index contributed by atoms with van der Waals surface area (Å²) in [5.74, 6) is -0.0401. The van der Waals surface area contributed by atoms with Crippen LogP contribution >= 0.6 is 0 Å². The molecule has 0 bridgehead atoms. The third-order valence-electron chi connectivity index (χ3n) is 3.21. The fourth-order valence-corrected chi connectivity index (χ4v) is 1.92. The first-order valence-electron chi connectivity index (χ1n) is 6.11. The van der Waals surface area contributed by atoms with E-state index in [1.165, 1.54) is 0 Å². The van der Waals surface area contributed by atoms with Crippen LogP contribution in [0.4, 0.5) is 0 Å². The molecule has 3 unspecified atom stereocenters. The van der Waals surface area contributed by atoms with Crippen molar-refractivity contribution in [2.75, 3.05) is 13.7 Å². The summed E-state index contributed by atoms with van der Waals surface area (Å²) in [4.78, 5) is 11.8. The van der Waals surface area contributed by atoms with Crippen LogP contribution in [0, 0.1) is 0 Å². The van der Waals surface area contributed by atoms with Gasteiger partial charge in [0.1, 0.15) is 0 Å². The maximum atomic E-state index is 11.8. The third kappa shape index (κ3) is 3.94. The van der Waals surface area contributed by atoms with Crippen LogP contribution in [0.1, 0.15) is 33.6 Å². The molecular formula is C12H24N2O3. The monoisotopic (exact) mass is 244 g/mol. The van der Waals surface area contributed by atoms with E-state index in [1.807, 2.05) is 20.8 Å². The lowest BCUT2D eigenvalue weighted by Crippen LogP contribution is -2.65. The number of methoxy groups -OCH3 is 1. The van der Waals surface area contributed by atoms with Gasteiger partial charge in [0.25, 0.3) is 0 Å². The van der Waals surface area contributed by atoms with Crippen molar-refractivity contribution in [1.82, 2.24) is 5.32 Å². The van der Waals surface area contributed by atoms with Gasteiger partial charge in [-0.25, -0.2) is 0 Å². The van der Waals surface area contributed by atoms with Gasteiger partial charge >= 0.3 is 0 Å². The second-order valence-corrected chi connectivity index (χ2v) is 5.13. The van der Waals surface area contributed by atoms with E-state index in [-0.39, 0.29) is 24.1 Å². The van der Waals surface area contributed by atoms with E-state index in [0.29, 0.717) is 13.0 Å². The summed E-state index contributed by atoms with van der Waals surface area (Å²) in [5.41, 5.74) is 5.42. The Morgan fingerprint density at radius 1 is 1.53 bits per heavy atom. The molecule has 0 aliphatic heterocycles. The molecule has 1 aliphatic rings. The molecule has 0 heterocycles. The van der Waals surface area contributed by atoms with Crippen molar-refractivity contribution in [3.8, 4) is 0 Å². The standard InChI is InChI=1S/C12H24N2O3/c1-5-17-9-6-8(13)11(9)14-10(15)7-12(2,3)16-4/h8-9,11H,5-7,13H2,1-4H3,(H,14,15). The molecule has 1 fully saturated rings. The molecule has 0 aromatic heterocycles. The molecule has 0 spiro atoms. The molecule has 3 N–H and O–H groups in total. The molecule has 0 radical (unpaired) electrons. The van der Waals surface area contributed by atoms with Crippen LogP contribution < -0.4 is 11.1 Å². The van der Waals surface area contributed by atoms with Gasteiger partial charge in [-0.3, -0.25) is 4.79 Å². The number of carbonyl (C=O) groups excluding carboxylic acids is 1. The number of nitrogens with two attached hydrogens (primary N) is 1. The van der Waals surface area contributed by atoms with Gasteiger partial charge in [0.15, 0.2) is 0 Å². The molecule has 5 heteroatoms. The Morgan fingerprint density at radius 3 is 2.65 bits per heavy atom. The highest BCUT2D eigenvalue weighted by molar-refractivity contribution is 5.77. The summed E-state index contributed by atoms with van der Waals surface area (Å²) < 4.78 is 10.7. The van der Waals surface area contributed by atoms with Crippen molar-refractivity contribution in [1.29, 1.82) is 0 Å². The van der Waals surface area contributed by atoms with E-state index in [1.54, 1.807) is 7.11 Å². The fraction of sp³-hybridized carbons (Fsp3) is 0.917. The summed E-state index contributed by atoms with van der Waals surface area (Å²) in [6, 6.07) is -0.0590. The fourth-order valence-electron chi connectivity index (χ4n) is 1.92. The van der Waals surface area contributed by atoms with Gasteiger partial charge in [-0.15, -0.1) is 0 Å². The van der Waals surface area contributed by atoms with Crippen LogP contribution in [0.2, 0.25) is 0 Å². The maximum Gasteiger partial charge on any atom is 0.223 e. The van der Waals surface area contributed by atoms with Crippen LogP contribution in [0.5, 0.6) is 0 Å². The van der Waals surface area contributed by atoms with Crippen molar-refractivity contribution in [2.24, 2.45) is 5.73 Å². The molecule has 1 aliphatic carbocycles. The first-order chi connectivity index (χ1) is 7.89. The van der Waals surface area contributed by atoms with Crippen LogP contribution in [0.3, 0.4) is 0 Å². The average molecular weight is 244 g/mol. The molecule has 1 saturated carbocycles. The highest BCUT2D eigenvalue weighted by Crippen LogP contribution is 2.23. The molecule has 0 saturated heterocycles. The molecular weight excluding hydrogens is 220 g/mol. The Balaban J connectivity index is 2.40. The minimum Gasteiger partial charge on any atom is -0.378 e. The van der Waals surface area contributed by atoms with Crippen LogP contribution in [-0.2, 0) is 14.3 Å². The normalized spacial score (nSPS) is 28.6. The molecule has 1 amide bonds. The maximum absolute atomic E-state index is 11.8. The molecule has 3 atom stereocenters. The Hall–Kier alpha value is -0.650. The number of rotatable bonds is 6. The summed E-state index contributed by atoms with van der Waals surface area (Å²) in [7, 11) is 1.60. The summed E-state index contributed by atoms with van der Waals surface area (Å²) in [6.45, 7) is 6.35. The van der Waals surface area contributed by atoms with Crippen molar-refractivity contribution < 1.29 is 14.3 Å². The number of carbonyl (C=O) groups is 1. The summed E-state index contributed by atoms with van der Waals surface area (Å²) >= 11 is 0. The van der Waals surface area contributed by atoms with Crippen LogP contribution in [0.15, 0.2) is 0 Å². The van der Waals surface area contributed by atoms with Gasteiger partial charge in [-0.1, -0.05) is 0 Å². The average Bonchev–Trinajstić information content (AvgIpc) is 2.25. The van der Waals surface area contributed by atoms with Crippen molar-refractivity contribution in [3.05, 3.63) is 0 Å². The highest BCUT2D eigenvalue weighted by Gasteiger charge is 2.40. The number of hydrogen-bond acceptors (Lipinski definition) is 4. The molecule has 100 valence electrons. The van der Waals surface area contributed by atoms with Crippen molar-refractivity contribution in [3.63, 3.8) is 0 Å². The Morgan fingerprint density at radius 2 is 2.18 bits per heavy atom. The largest absolute Gasteiger partial charge is 0.378 e. The number of nitrogens with one attached hydrogen (secondary N) is 1. The van der Waals surface area contributed by atoms with Gasteiger partial charge in [-0.2, -0.15) is 0 Å². The van der Waals surface area contributed by atoms with Crippen molar-refractivity contribution in [2.45, 2.75) is 57.4 Å². The molecule has 1 rings (SSSR count).